The standard InChI is InChI=1S/C8H18BO4PS/c1-3-14(10,15)13-6-4-8(9)12-7(6)5-11-2/h6-8H,3-5,9H2,1-2H3,(H,10,15)/t6?,7-,8-,14?/m1/s1. The maximum absolute atomic E-state index is 11.7. The van der Waals surface area contributed by atoms with Crippen LogP contribution < -0.4 is 0 Å². The van der Waals surface area contributed by atoms with Crippen LogP contribution in [0, 0.1) is 0 Å². The van der Waals surface area contributed by atoms with Gasteiger partial charge in [0.05, 0.1) is 12.7 Å². The molecule has 0 bridgehead atoms. The molecule has 0 aromatic heterocycles. The van der Waals surface area contributed by atoms with Crippen molar-refractivity contribution in [1.82, 2.24) is 0 Å². The highest BCUT2D eigenvalue weighted by Gasteiger charge is 2.36. The molecule has 0 spiro atoms. The Bertz CT molecular complexity index is 253. The van der Waals surface area contributed by atoms with E-state index >= 15 is 0 Å². The van der Waals surface area contributed by atoms with E-state index in [0.29, 0.717) is 12.8 Å². The highest BCUT2D eigenvalue weighted by molar-refractivity contribution is 8.46. The van der Waals surface area contributed by atoms with Crippen LogP contribution in [-0.4, -0.2) is 45.9 Å². The van der Waals surface area contributed by atoms with E-state index in [1.807, 2.05) is 7.85 Å². The van der Waals surface area contributed by atoms with Crippen LogP contribution in [0.25, 0.3) is 0 Å². The number of methoxy groups -OCH3 is 1. The molecule has 0 aromatic rings. The number of hydrogen-bond donors (Lipinski definition) is 1. The van der Waals surface area contributed by atoms with Crippen LogP contribution in [0.15, 0.2) is 0 Å². The summed E-state index contributed by atoms with van der Waals surface area (Å²) >= 11 is 4.04. The van der Waals surface area contributed by atoms with Gasteiger partial charge in [-0.1, -0.05) is 19.2 Å². The molecule has 1 saturated heterocycles. The zero-order valence-electron chi connectivity index (χ0n) is 9.38. The zero-order valence-corrected chi connectivity index (χ0v) is 11.2. The van der Waals surface area contributed by atoms with Crippen molar-refractivity contribution < 1.29 is 18.6 Å². The lowest BCUT2D eigenvalue weighted by molar-refractivity contribution is -0.00900. The van der Waals surface area contributed by atoms with Crippen LogP contribution in [0.5, 0.6) is 0 Å². The second-order valence-electron chi connectivity index (χ2n) is 3.77. The molecular formula is C8H18BO4PS. The molecule has 0 amide bonds. The van der Waals surface area contributed by atoms with Crippen molar-refractivity contribution in [3.05, 3.63) is 0 Å². The lowest BCUT2D eigenvalue weighted by atomic mass is 9.96. The van der Waals surface area contributed by atoms with Gasteiger partial charge in [0.25, 0.3) is 6.57 Å². The molecule has 4 atom stereocenters. The first-order valence-corrected chi connectivity index (χ1v) is 8.09. The van der Waals surface area contributed by atoms with Crippen LogP contribution in [-0.2, 0) is 18.6 Å². The Kier molecular flexibility index (Phi) is 5.20. The average Bonchev–Trinajstić information content (AvgIpc) is 2.47. The van der Waals surface area contributed by atoms with Crippen LogP contribution >= 0.6 is 18.8 Å². The lowest BCUT2D eigenvalue weighted by Gasteiger charge is -2.21. The molecule has 0 saturated carbocycles. The molecule has 88 valence electrons. The quantitative estimate of drug-likeness (QED) is 0.448. The first-order chi connectivity index (χ1) is 6.98. The Morgan fingerprint density at radius 2 is 2.33 bits per heavy atom. The summed E-state index contributed by atoms with van der Waals surface area (Å²) in [6.45, 7) is -0.483. The molecule has 0 radical (unpaired) electrons. The fraction of sp³-hybridized carbons (Fsp3) is 1.00. The van der Waals surface area contributed by atoms with Crippen molar-refractivity contribution in [3.8, 4) is 0 Å². The van der Waals surface area contributed by atoms with E-state index in [4.69, 9.17) is 14.0 Å². The second-order valence-corrected chi connectivity index (χ2v) is 7.72. The molecule has 1 heterocycles. The maximum atomic E-state index is 11.7. The normalized spacial score (nSPS) is 35.3. The van der Waals surface area contributed by atoms with Gasteiger partial charge in [0.15, 0.2) is 0 Å². The Morgan fingerprint density at radius 3 is 2.87 bits per heavy atom. The second kappa shape index (κ2) is 5.73. The molecule has 1 rings (SSSR count). The average molecular weight is 252 g/mol. The summed E-state index contributed by atoms with van der Waals surface area (Å²) in [4.78, 5) is 0. The molecule has 4 nitrogen and oxygen atoms in total. The summed E-state index contributed by atoms with van der Waals surface area (Å²) in [5, 5.41) is 0. The van der Waals surface area contributed by atoms with Gasteiger partial charge in [-0.05, 0) is 6.42 Å². The van der Waals surface area contributed by atoms with E-state index in [2.05, 4.69) is 12.2 Å². The fourth-order valence-electron chi connectivity index (χ4n) is 1.63. The molecule has 1 fully saturated rings. The van der Waals surface area contributed by atoms with E-state index < -0.39 is 6.57 Å². The highest BCUT2D eigenvalue weighted by Crippen LogP contribution is 2.53. The molecule has 0 aliphatic carbocycles. The van der Waals surface area contributed by atoms with Gasteiger partial charge < -0.3 is 14.0 Å². The van der Waals surface area contributed by atoms with E-state index in [-0.39, 0.29) is 18.2 Å². The van der Waals surface area contributed by atoms with E-state index in [1.165, 1.54) is 0 Å². The Balaban J connectivity index is 2.55. The minimum absolute atomic E-state index is 0.125. The van der Waals surface area contributed by atoms with Crippen molar-refractivity contribution in [1.29, 1.82) is 0 Å². The van der Waals surface area contributed by atoms with Crippen LogP contribution in [0.3, 0.4) is 0 Å². The van der Waals surface area contributed by atoms with Gasteiger partial charge in [0, 0.05) is 19.3 Å². The van der Waals surface area contributed by atoms with E-state index in [0.717, 1.165) is 6.42 Å². The third-order valence-electron chi connectivity index (χ3n) is 2.42. The van der Waals surface area contributed by atoms with Gasteiger partial charge in [0.1, 0.15) is 14.0 Å². The molecular weight excluding hydrogens is 234 g/mol. The largest absolute Gasteiger partial charge is 0.382 e. The number of ether oxygens (including phenoxy) is 2. The molecule has 7 heteroatoms. The molecule has 2 unspecified atom stereocenters. The summed E-state index contributed by atoms with van der Waals surface area (Å²) in [6.07, 6.45) is 0.888. The summed E-state index contributed by atoms with van der Waals surface area (Å²) in [6, 6.07) is 0.125. The smallest absolute Gasteiger partial charge is 0.254 e. The maximum Gasteiger partial charge on any atom is 0.254 e. The molecule has 15 heavy (non-hydrogen) atoms. The SMILES string of the molecule is B[C@H]1CC(OP(=O)(S)CC)[C@@H](COC)O1. The summed E-state index contributed by atoms with van der Waals surface area (Å²) < 4.78 is 27.9. The van der Waals surface area contributed by atoms with Gasteiger partial charge in [-0.2, -0.15) is 0 Å². The van der Waals surface area contributed by atoms with Crippen molar-refractivity contribution >= 4 is 26.7 Å². The van der Waals surface area contributed by atoms with Gasteiger partial charge in [0.2, 0.25) is 0 Å². The first-order valence-electron chi connectivity index (χ1n) is 5.13. The molecule has 1 aliphatic heterocycles. The monoisotopic (exact) mass is 252 g/mol. The van der Waals surface area contributed by atoms with Crippen molar-refractivity contribution in [2.75, 3.05) is 19.9 Å². The minimum Gasteiger partial charge on any atom is -0.382 e. The van der Waals surface area contributed by atoms with Crippen LogP contribution in [0.2, 0.25) is 0 Å². The molecule has 1 aliphatic rings. The van der Waals surface area contributed by atoms with Crippen LogP contribution in [0.4, 0.5) is 0 Å². The van der Waals surface area contributed by atoms with Gasteiger partial charge in [-0.15, -0.1) is 0 Å². The lowest BCUT2D eigenvalue weighted by Crippen LogP contribution is -2.27. The van der Waals surface area contributed by atoms with Crippen molar-refractivity contribution in [2.45, 2.75) is 31.6 Å². The van der Waals surface area contributed by atoms with E-state index in [1.54, 1.807) is 14.0 Å². The fourth-order valence-corrected chi connectivity index (χ4v) is 2.79. The Morgan fingerprint density at radius 1 is 1.67 bits per heavy atom. The number of thiol groups is 1. The van der Waals surface area contributed by atoms with Crippen LogP contribution in [0.1, 0.15) is 13.3 Å². The van der Waals surface area contributed by atoms with Crippen molar-refractivity contribution in [3.63, 3.8) is 0 Å². The zero-order chi connectivity index (χ0) is 11.5. The Labute approximate surface area is 97.1 Å². The topological polar surface area (TPSA) is 44.8 Å². The predicted molar refractivity (Wildman–Crippen MR) is 65.7 cm³/mol. The van der Waals surface area contributed by atoms with Gasteiger partial charge in [-0.25, -0.2) is 0 Å². The van der Waals surface area contributed by atoms with Crippen molar-refractivity contribution in [2.24, 2.45) is 0 Å². The first kappa shape index (κ1) is 13.6. The highest BCUT2D eigenvalue weighted by atomic mass is 32.7. The third-order valence-corrected chi connectivity index (χ3v) is 4.95. The summed E-state index contributed by atoms with van der Waals surface area (Å²) in [5.41, 5.74) is 0. The number of rotatable bonds is 5. The van der Waals surface area contributed by atoms with Gasteiger partial charge in [-0.3, -0.25) is 4.57 Å². The number of hydrogen-bond acceptors (Lipinski definition) is 4. The van der Waals surface area contributed by atoms with Gasteiger partial charge >= 0.3 is 0 Å². The summed E-state index contributed by atoms with van der Waals surface area (Å²) in [5.74, 6) is 0. The third kappa shape index (κ3) is 4.12. The predicted octanol–water partition coefficient (Wildman–Crippen LogP) is 0.909. The molecule has 0 aromatic carbocycles. The minimum atomic E-state index is -2.75. The molecule has 0 N–H and O–H groups in total. The Hall–Kier alpha value is 0.525. The summed E-state index contributed by atoms with van der Waals surface area (Å²) in [7, 11) is 3.59. The van der Waals surface area contributed by atoms with E-state index in [9.17, 15) is 4.57 Å².